The Labute approximate surface area is 156 Å². The van der Waals surface area contributed by atoms with Crippen molar-refractivity contribution in [3.8, 4) is 0 Å². The first-order valence-electron chi connectivity index (χ1n) is 8.94. The van der Waals surface area contributed by atoms with Crippen LogP contribution in [0.1, 0.15) is 39.1 Å². The van der Waals surface area contributed by atoms with Crippen LogP contribution in [-0.4, -0.2) is 50.8 Å². The van der Waals surface area contributed by atoms with Crippen molar-refractivity contribution in [2.75, 3.05) is 13.2 Å². The molecule has 0 radical (unpaired) electrons. The summed E-state index contributed by atoms with van der Waals surface area (Å²) in [7, 11) is 0. The molecule has 1 fully saturated rings. The monoisotopic (exact) mass is 370 g/mol. The maximum Gasteiger partial charge on any atom is 0.341 e. The number of likely N-dealkylation sites (tertiary alicyclic amines) is 1. The van der Waals surface area contributed by atoms with Gasteiger partial charge in [0.25, 0.3) is 5.91 Å². The summed E-state index contributed by atoms with van der Waals surface area (Å²) >= 11 is 0. The van der Waals surface area contributed by atoms with E-state index in [1.165, 1.54) is 17.3 Å². The number of benzene rings is 1. The second kappa shape index (κ2) is 8.18. The molecule has 1 aromatic carbocycles. The van der Waals surface area contributed by atoms with Gasteiger partial charge in [-0.2, -0.15) is 0 Å². The average molecular weight is 370 g/mol. The topological polar surface area (TPSA) is 99.8 Å². The summed E-state index contributed by atoms with van der Waals surface area (Å²) in [4.78, 5) is 38.3. The predicted molar refractivity (Wildman–Crippen MR) is 99.0 cm³/mol. The first-order valence-corrected chi connectivity index (χ1v) is 8.94. The molecule has 1 amide bonds. The van der Waals surface area contributed by atoms with E-state index in [0.29, 0.717) is 25.9 Å². The van der Waals surface area contributed by atoms with Gasteiger partial charge in [0.15, 0.2) is 0 Å². The third-order valence-corrected chi connectivity index (χ3v) is 4.89. The molecule has 0 aliphatic carbocycles. The minimum Gasteiger partial charge on any atom is -0.477 e. The number of aliphatic hydroxyl groups is 1. The van der Waals surface area contributed by atoms with E-state index in [0.717, 1.165) is 12.0 Å². The van der Waals surface area contributed by atoms with E-state index in [1.54, 1.807) is 4.57 Å². The van der Waals surface area contributed by atoms with Crippen molar-refractivity contribution in [1.29, 1.82) is 0 Å². The summed E-state index contributed by atoms with van der Waals surface area (Å²) < 4.78 is 1.58. The molecule has 3 rings (SSSR count). The van der Waals surface area contributed by atoms with Crippen LogP contribution in [0.3, 0.4) is 0 Å². The van der Waals surface area contributed by atoms with Crippen molar-refractivity contribution in [3.05, 3.63) is 69.6 Å². The van der Waals surface area contributed by atoms with Gasteiger partial charge in [-0.25, -0.2) is 4.79 Å². The standard InChI is InChI=1S/C20H22N2O5/c23-13-15-7-4-9-22(15)19(25)16-11-21(12-17(18(16)24)20(26)27)10-8-14-5-2-1-3-6-14/h1-3,5-6,11-12,15,23H,4,7-10,13H2,(H,26,27)/t15-/m1/s1. The molecule has 7 nitrogen and oxygen atoms in total. The fraction of sp³-hybridized carbons (Fsp3) is 0.350. The van der Waals surface area contributed by atoms with Crippen molar-refractivity contribution in [2.45, 2.75) is 31.8 Å². The summed E-state index contributed by atoms with van der Waals surface area (Å²) in [6, 6.07) is 9.34. The lowest BCUT2D eigenvalue weighted by molar-refractivity contribution is 0.0674. The van der Waals surface area contributed by atoms with Crippen LogP contribution >= 0.6 is 0 Å². The number of carboxylic acid groups (broad SMARTS) is 1. The fourth-order valence-electron chi connectivity index (χ4n) is 3.42. The molecule has 2 aromatic rings. The lowest BCUT2D eigenvalue weighted by Crippen LogP contribution is -2.40. The molecule has 2 heterocycles. The number of aromatic nitrogens is 1. The number of aliphatic hydroxyl groups excluding tert-OH is 1. The SMILES string of the molecule is O=C(O)c1cn(CCc2ccccc2)cc(C(=O)N2CCC[C@@H]2CO)c1=O. The smallest absolute Gasteiger partial charge is 0.341 e. The molecule has 0 spiro atoms. The third kappa shape index (κ3) is 4.09. The van der Waals surface area contributed by atoms with E-state index in [1.807, 2.05) is 30.3 Å². The Balaban J connectivity index is 1.92. The van der Waals surface area contributed by atoms with Crippen LogP contribution in [0.5, 0.6) is 0 Å². The van der Waals surface area contributed by atoms with E-state index < -0.39 is 22.9 Å². The summed E-state index contributed by atoms with van der Waals surface area (Å²) in [5.74, 6) is -1.88. The number of pyridine rings is 1. The summed E-state index contributed by atoms with van der Waals surface area (Å²) in [5, 5.41) is 18.8. The number of amides is 1. The number of aromatic carboxylic acids is 1. The average Bonchev–Trinajstić information content (AvgIpc) is 3.16. The molecule has 1 saturated heterocycles. The number of hydrogen-bond donors (Lipinski definition) is 2. The number of hydrogen-bond acceptors (Lipinski definition) is 4. The minimum absolute atomic E-state index is 0.164. The summed E-state index contributed by atoms with van der Waals surface area (Å²) in [6.45, 7) is 0.714. The van der Waals surface area contributed by atoms with E-state index in [4.69, 9.17) is 0 Å². The van der Waals surface area contributed by atoms with Crippen LogP contribution in [0.2, 0.25) is 0 Å². The Kier molecular flexibility index (Phi) is 5.71. The Bertz CT molecular complexity index is 891. The normalized spacial score (nSPS) is 16.5. The molecular formula is C20H22N2O5. The first kappa shape index (κ1) is 18.8. The highest BCUT2D eigenvalue weighted by molar-refractivity contribution is 5.97. The Morgan fingerprint density at radius 2 is 1.81 bits per heavy atom. The Morgan fingerprint density at radius 1 is 1.11 bits per heavy atom. The van der Waals surface area contributed by atoms with Crippen LogP contribution in [0, 0.1) is 0 Å². The van der Waals surface area contributed by atoms with Gasteiger partial charge in [0.2, 0.25) is 5.43 Å². The maximum atomic E-state index is 12.8. The largest absolute Gasteiger partial charge is 0.477 e. The predicted octanol–water partition coefficient (Wildman–Crippen LogP) is 1.39. The fourth-order valence-corrected chi connectivity index (χ4v) is 3.42. The van der Waals surface area contributed by atoms with Gasteiger partial charge in [0.1, 0.15) is 11.1 Å². The second-order valence-electron chi connectivity index (χ2n) is 6.67. The molecule has 0 unspecified atom stereocenters. The van der Waals surface area contributed by atoms with E-state index in [-0.39, 0.29) is 18.2 Å². The lowest BCUT2D eigenvalue weighted by atomic mass is 10.1. The van der Waals surface area contributed by atoms with Gasteiger partial charge in [-0.05, 0) is 24.8 Å². The van der Waals surface area contributed by atoms with E-state index in [9.17, 15) is 24.6 Å². The van der Waals surface area contributed by atoms with E-state index >= 15 is 0 Å². The number of carboxylic acids is 1. The molecular weight excluding hydrogens is 348 g/mol. The molecule has 2 N–H and O–H groups in total. The van der Waals surface area contributed by atoms with Crippen molar-refractivity contribution in [2.24, 2.45) is 0 Å². The summed E-state index contributed by atoms with van der Waals surface area (Å²) in [5.41, 5.74) is -0.301. The first-order chi connectivity index (χ1) is 13.0. The molecule has 142 valence electrons. The molecule has 1 atom stereocenters. The van der Waals surface area contributed by atoms with Crippen LogP contribution in [0.25, 0.3) is 0 Å². The zero-order valence-electron chi connectivity index (χ0n) is 14.9. The number of carbonyl (C=O) groups is 2. The van der Waals surface area contributed by atoms with Crippen molar-refractivity contribution in [3.63, 3.8) is 0 Å². The molecule has 1 aromatic heterocycles. The number of aryl methyl sites for hydroxylation is 2. The van der Waals surface area contributed by atoms with Gasteiger partial charge in [-0.15, -0.1) is 0 Å². The van der Waals surface area contributed by atoms with Gasteiger partial charge in [0.05, 0.1) is 12.6 Å². The number of nitrogens with zero attached hydrogens (tertiary/aromatic N) is 2. The van der Waals surface area contributed by atoms with Crippen molar-refractivity contribution < 1.29 is 19.8 Å². The zero-order chi connectivity index (χ0) is 19.4. The minimum atomic E-state index is -1.36. The number of carbonyl (C=O) groups excluding carboxylic acids is 1. The lowest BCUT2D eigenvalue weighted by Gasteiger charge is -2.23. The van der Waals surface area contributed by atoms with Gasteiger partial charge in [-0.1, -0.05) is 30.3 Å². The third-order valence-electron chi connectivity index (χ3n) is 4.89. The molecule has 1 aliphatic heterocycles. The molecule has 7 heteroatoms. The molecule has 1 aliphatic rings. The van der Waals surface area contributed by atoms with Crippen LogP contribution in [0.4, 0.5) is 0 Å². The zero-order valence-corrected chi connectivity index (χ0v) is 14.9. The quantitative estimate of drug-likeness (QED) is 0.800. The molecule has 0 bridgehead atoms. The van der Waals surface area contributed by atoms with Gasteiger partial charge in [0, 0.05) is 25.5 Å². The summed E-state index contributed by atoms with van der Waals surface area (Å²) in [6.07, 6.45) is 4.75. The maximum absolute atomic E-state index is 12.8. The van der Waals surface area contributed by atoms with Crippen molar-refractivity contribution >= 4 is 11.9 Å². The van der Waals surface area contributed by atoms with Crippen LogP contribution in [0.15, 0.2) is 47.5 Å². The van der Waals surface area contributed by atoms with Crippen molar-refractivity contribution in [1.82, 2.24) is 9.47 Å². The highest BCUT2D eigenvalue weighted by Gasteiger charge is 2.31. The van der Waals surface area contributed by atoms with Crippen LogP contribution < -0.4 is 5.43 Å². The number of rotatable bonds is 6. The van der Waals surface area contributed by atoms with Gasteiger partial charge in [-0.3, -0.25) is 9.59 Å². The van der Waals surface area contributed by atoms with E-state index in [2.05, 4.69) is 0 Å². The van der Waals surface area contributed by atoms with Gasteiger partial charge >= 0.3 is 5.97 Å². The molecule has 0 saturated carbocycles. The highest BCUT2D eigenvalue weighted by atomic mass is 16.4. The highest BCUT2D eigenvalue weighted by Crippen LogP contribution is 2.19. The molecule has 27 heavy (non-hydrogen) atoms. The van der Waals surface area contributed by atoms with Gasteiger partial charge < -0.3 is 19.7 Å². The van der Waals surface area contributed by atoms with Crippen LogP contribution in [-0.2, 0) is 13.0 Å². The Morgan fingerprint density at radius 3 is 2.48 bits per heavy atom. The Hall–Kier alpha value is -2.93. The second-order valence-corrected chi connectivity index (χ2v) is 6.67.